The summed E-state index contributed by atoms with van der Waals surface area (Å²) in [5, 5.41) is 6.29. The van der Waals surface area contributed by atoms with Crippen molar-refractivity contribution in [3.8, 4) is 11.8 Å². The number of hydrogen-bond donors (Lipinski definition) is 2. The van der Waals surface area contributed by atoms with E-state index in [1.807, 2.05) is 43.4 Å². The maximum absolute atomic E-state index is 12.5. The normalized spacial score (nSPS) is 15.6. The van der Waals surface area contributed by atoms with Crippen LogP contribution in [-0.4, -0.2) is 37.1 Å². The molecule has 3 heterocycles. The van der Waals surface area contributed by atoms with Gasteiger partial charge in [0.1, 0.15) is 0 Å². The minimum atomic E-state index is -0.117. The molecule has 1 unspecified atom stereocenters. The molecule has 6 heteroatoms. The summed E-state index contributed by atoms with van der Waals surface area (Å²) in [5.41, 5.74) is 2.83. The van der Waals surface area contributed by atoms with Crippen LogP contribution in [0.2, 0.25) is 0 Å². The van der Waals surface area contributed by atoms with Gasteiger partial charge in [-0.3, -0.25) is 9.78 Å². The lowest BCUT2D eigenvalue weighted by atomic mass is 10.2. The molecule has 0 saturated carbocycles. The van der Waals surface area contributed by atoms with Gasteiger partial charge in [0.25, 0.3) is 5.91 Å². The average molecular weight is 403 g/mol. The number of aromatic nitrogens is 1. The van der Waals surface area contributed by atoms with E-state index in [-0.39, 0.29) is 5.91 Å². The molecule has 5 nitrogen and oxygen atoms in total. The van der Waals surface area contributed by atoms with Crippen molar-refractivity contribution < 1.29 is 4.79 Å². The number of amides is 1. The Balaban J connectivity index is 1.37. The fourth-order valence-electron chi connectivity index (χ4n) is 3.28. The molecule has 29 heavy (non-hydrogen) atoms. The van der Waals surface area contributed by atoms with Crippen LogP contribution < -0.4 is 15.5 Å². The number of nitrogens with one attached hydrogen (secondary N) is 2. The maximum Gasteiger partial charge on any atom is 0.265 e. The molecule has 1 amide bonds. The van der Waals surface area contributed by atoms with Crippen molar-refractivity contribution in [1.29, 1.82) is 0 Å². The van der Waals surface area contributed by atoms with Crippen molar-refractivity contribution in [3.63, 3.8) is 0 Å². The number of pyridine rings is 1. The fourth-order valence-corrected chi connectivity index (χ4v) is 4.03. The Morgan fingerprint density at radius 3 is 2.76 bits per heavy atom. The topological polar surface area (TPSA) is 57.3 Å². The van der Waals surface area contributed by atoms with E-state index in [4.69, 9.17) is 0 Å². The smallest absolute Gasteiger partial charge is 0.265 e. The Labute approximate surface area is 174 Å². The van der Waals surface area contributed by atoms with Gasteiger partial charge in [-0.2, -0.15) is 0 Å². The summed E-state index contributed by atoms with van der Waals surface area (Å²) in [5.74, 6) is 6.03. The molecule has 2 N–H and O–H groups in total. The summed E-state index contributed by atoms with van der Waals surface area (Å²) in [4.78, 5) is 20.4. The monoisotopic (exact) mass is 402 g/mol. The Bertz CT molecular complexity index is 1030. The molecular formula is C23H22N4OS. The van der Waals surface area contributed by atoms with Crippen LogP contribution in [0, 0.1) is 11.8 Å². The van der Waals surface area contributed by atoms with Crippen molar-refractivity contribution in [2.45, 2.75) is 12.5 Å². The zero-order chi connectivity index (χ0) is 20.1. The zero-order valence-corrected chi connectivity index (χ0v) is 17.0. The summed E-state index contributed by atoms with van der Waals surface area (Å²) >= 11 is 1.38. The largest absolute Gasteiger partial charge is 0.370 e. The third kappa shape index (κ3) is 4.83. The first-order chi connectivity index (χ1) is 14.2. The van der Waals surface area contributed by atoms with Crippen molar-refractivity contribution in [3.05, 3.63) is 76.2 Å². The maximum atomic E-state index is 12.5. The highest BCUT2D eigenvalue weighted by Crippen LogP contribution is 2.23. The number of carbonyl (C=O) groups excluding carboxylic acids is 1. The van der Waals surface area contributed by atoms with Crippen molar-refractivity contribution >= 4 is 28.6 Å². The van der Waals surface area contributed by atoms with Crippen LogP contribution in [0.5, 0.6) is 0 Å². The number of likely N-dealkylation sites (N-methyl/N-ethyl adjacent to an activating group) is 1. The first-order valence-corrected chi connectivity index (χ1v) is 10.4. The Morgan fingerprint density at radius 2 is 2.03 bits per heavy atom. The van der Waals surface area contributed by atoms with Gasteiger partial charge in [0.05, 0.1) is 9.75 Å². The molecule has 1 saturated heterocycles. The van der Waals surface area contributed by atoms with Gasteiger partial charge in [0, 0.05) is 48.5 Å². The predicted octanol–water partition coefficient (Wildman–Crippen LogP) is 3.59. The molecule has 1 aromatic carbocycles. The van der Waals surface area contributed by atoms with E-state index in [2.05, 4.69) is 44.5 Å². The van der Waals surface area contributed by atoms with Crippen molar-refractivity contribution in [2.75, 3.05) is 30.4 Å². The molecule has 1 fully saturated rings. The first-order valence-electron chi connectivity index (χ1n) is 9.57. The second-order valence-electron chi connectivity index (χ2n) is 6.88. The summed E-state index contributed by atoms with van der Waals surface area (Å²) in [6.45, 7) is 2.07. The van der Waals surface area contributed by atoms with Gasteiger partial charge < -0.3 is 15.5 Å². The fraction of sp³-hybridized carbons (Fsp3) is 0.217. The lowest BCUT2D eigenvalue weighted by molar-refractivity contribution is 0.103. The summed E-state index contributed by atoms with van der Waals surface area (Å²) < 4.78 is 0. The van der Waals surface area contributed by atoms with Crippen molar-refractivity contribution in [2.24, 2.45) is 0 Å². The standard InChI is InChI=1S/C23H22N4OS/c1-24-19-12-14-27(16-19)20-7-5-18(6-8-20)26-23(28)22-11-10-21(29-22)9-4-17-3-2-13-25-15-17/h2-3,5-8,10-11,13,15,19,24H,12,14,16H2,1H3,(H,26,28). The van der Waals surface area contributed by atoms with Crippen LogP contribution in [0.15, 0.2) is 60.9 Å². The van der Waals surface area contributed by atoms with E-state index in [1.54, 1.807) is 12.4 Å². The number of nitrogens with zero attached hydrogens (tertiary/aromatic N) is 2. The highest BCUT2D eigenvalue weighted by molar-refractivity contribution is 7.14. The van der Waals surface area contributed by atoms with Gasteiger partial charge in [-0.05, 0) is 62.0 Å². The Kier molecular flexibility index (Phi) is 5.89. The predicted molar refractivity (Wildman–Crippen MR) is 119 cm³/mol. The Hall–Kier alpha value is -3.14. The molecule has 1 aliphatic heterocycles. The molecule has 0 radical (unpaired) electrons. The highest BCUT2D eigenvalue weighted by Gasteiger charge is 2.21. The quantitative estimate of drug-likeness (QED) is 0.655. The minimum Gasteiger partial charge on any atom is -0.370 e. The number of thiophene rings is 1. The summed E-state index contributed by atoms with van der Waals surface area (Å²) in [6.07, 6.45) is 4.59. The van der Waals surface area contributed by atoms with Crippen molar-refractivity contribution in [1.82, 2.24) is 10.3 Å². The van der Waals surface area contributed by atoms with Crippen LogP contribution in [0.1, 0.15) is 26.5 Å². The van der Waals surface area contributed by atoms with Crippen LogP contribution >= 0.6 is 11.3 Å². The van der Waals surface area contributed by atoms with E-state index in [0.717, 1.165) is 35.6 Å². The molecule has 3 aromatic rings. The van der Waals surface area contributed by atoms with Crippen LogP contribution in [-0.2, 0) is 0 Å². The molecule has 146 valence electrons. The molecule has 1 atom stereocenters. The van der Waals surface area contributed by atoms with Gasteiger partial charge in [-0.25, -0.2) is 0 Å². The zero-order valence-electron chi connectivity index (χ0n) is 16.2. The third-order valence-electron chi connectivity index (χ3n) is 4.91. The molecule has 2 aromatic heterocycles. The lowest BCUT2D eigenvalue weighted by Gasteiger charge is -2.19. The van der Waals surface area contributed by atoms with E-state index in [1.165, 1.54) is 17.0 Å². The molecule has 0 bridgehead atoms. The summed E-state index contributed by atoms with van der Waals surface area (Å²) in [7, 11) is 2.01. The molecule has 1 aliphatic rings. The minimum absolute atomic E-state index is 0.117. The molecule has 0 spiro atoms. The van der Waals surface area contributed by atoms with E-state index < -0.39 is 0 Å². The van der Waals surface area contributed by atoms with E-state index in [0.29, 0.717) is 10.9 Å². The van der Waals surface area contributed by atoms with Crippen LogP contribution in [0.4, 0.5) is 11.4 Å². The second-order valence-corrected chi connectivity index (χ2v) is 7.96. The highest BCUT2D eigenvalue weighted by atomic mass is 32.1. The Morgan fingerprint density at radius 1 is 1.17 bits per heavy atom. The van der Waals surface area contributed by atoms with E-state index in [9.17, 15) is 4.79 Å². The van der Waals surface area contributed by atoms with Gasteiger partial charge in [-0.15, -0.1) is 11.3 Å². The molecule has 4 rings (SSSR count). The second kappa shape index (κ2) is 8.91. The van der Waals surface area contributed by atoms with Crippen LogP contribution in [0.25, 0.3) is 0 Å². The van der Waals surface area contributed by atoms with Crippen LogP contribution in [0.3, 0.4) is 0 Å². The number of hydrogen-bond acceptors (Lipinski definition) is 5. The van der Waals surface area contributed by atoms with E-state index >= 15 is 0 Å². The molecule has 0 aliphatic carbocycles. The van der Waals surface area contributed by atoms with Gasteiger partial charge in [0.2, 0.25) is 0 Å². The number of benzene rings is 1. The third-order valence-corrected chi connectivity index (χ3v) is 5.91. The van der Waals surface area contributed by atoms with Gasteiger partial charge in [0.15, 0.2) is 0 Å². The van der Waals surface area contributed by atoms with Gasteiger partial charge in [-0.1, -0.05) is 11.8 Å². The molecular weight excluding hydrogens is 380 g/mol. The summed E-state index contributed by atoms with van der Waals surface area (Å²) in [6, 6.07) is 16.0. The number of anilines is 2. The average Bonchev–Trinajstić information content (AvgIpc) is 3.43. The first kappa shape index (κ1) is 19.2. The lowest BCUT2D eigenvalue weighted by Crippen LogP contribution is -2.29. The SMILES string of the molecule is CNC1CCN(c2ccc(NC(=O)c3ccc(C#Cc4cccnc4)s3)cc2)C1. The number of rotatable bonds is 4. The number of carbonyl (C=O) groups is 1. The van der Waals surface area contributed by atoms with Gasteiger partial charge >= 0.3 is 0 Å².